The van der Waals surface area contributed by atoms with Crippen molar-refractivity contribution in [2.75, 3.05) is 31.5 Å². The van der Waals surface area contributed by atoms with Crippen molar-refractivity contribution in [1.29, 1.82) is 0 Å². The molecule has 9 nitrogen and oxygen atoms in total. The number of para-hydroxylation sites is 3. The molecule has 0 aliphatic carbocycles. The van der Waals surface area contributed by atoms with E-state index in [0.717, 1.165) is 0 Å². The van der Waals surface area contributed by atoms with Gasteiger partial charge in [-0.3, -0.25) is 4.79 Å². The van der Waals surface area contributed by atoms with Crippen LogP contribution in [0.25, 0.3) is 0 Å². The van der Waals surface area contributed by atoms with Crippen LogP contribution in [-0.2, 0) is 4.79 Å². The molecule has 0 radical (unpaired) electrons. The maximum atomic E-state index is 12.3. The summed E-state index contributed by atoms with van der Waals surface area (Å²) in [6.07, 6.45) is 1.46. The van der Waals surface area contributed by atoms with Crippen LogP contribution in [0.3, 0.4) is 0 Å². The third-order valence-electron chi connectivity index (χ3n) is 4.34. The Hall–Kier alpha value is -4.53. The molecule has 0 saturated carbocycles. The van der Waals surface area contributed by atoms with E-state index in [-0.39, 0.29) is 12.5 Å². The van der Waals surface area contributed by atoms with E-state index in [1.807, 2.05) is 24.3 Å². The molecule has 3 N–H and O–H groups in total. The zero-order valence-corrected chi connectivity index (χ0v) is 18.2. The highest BCUT2D eigenvalue weighted by Gasteiger charge is 2.10. The minimum atomic E-state index is -0.467. The lowest BCUT2D eigenvalue weighted by Crippen LogP contribution is -2.24. The molecule has 0 atom stereocenters. The molecule has 0 aromatic heterocycles. The number of urea groups is 1. The van der Waals surface area contributed by atoms with Gasteiger partial charge in [0.25, 0.3) is 5.91 Å². The Balaban J connectivity index is 1.54. The Morgan fingerprint density at radius 3 is 2.33 bits per heavy atom. The number of hydrogen-bond acceptors (Lipinski definition) is 6. The first-order valence-corrected chi connectivity index (χ1v) is 9.98. The predicted octanol–water partition coefficient (Wildman–Crippen LogP) is 3.88. The first-order valence-electron chi connectivity index (χ1n) is 9.98. The standard InChI is InChI=1S/C24H24N4O5/c1-31-20-11-7-6-10-19(20)27-23(29)16-33-21-13-12-17(14-22(21)32-2)15-25-28-24(30)26-18-8-4-3-5-9-18/h3-15H,16H2,1-2H3,(H,27,29)(H2,26,28,30)/b25-15-. The SMILES string of the molecule is COc1ccccc1NC(=O)COc1ccc(/C=N\NC(=O)Nc2ccccc2)cc1OC. The Kier molecular flexibility index (Phi) is 8.24. The fourth-order valence-corrected chi connectivity index (χ4v) is 2.81. The van der Waals surface area contributed by atoms with Crippen LogP contribution in [0.2, 0.25) is 0 Å². The summed E-state index contributed by atoms with van der Waals surface area (Å²) in [5.74, 6) is 1.01. The summed E-state index contributed by atoms with van der Waals surface area (Å²) in [6, 6.07) is 20.7. The third-order valence-corrected chi connectivity index (χ3v) is 4.34. The monoisotopic (exact) mass is 448 g/mol. The number of rotatable bonds is 9. The molecule has 170 valence electrons. The average molecular weight is 448 g/mol. The number of anilines is 2. The second kappa shape index (κ2) is 11.8. The van der Waals surface area contributed by atoms with Crippen LogP contribution < -0.4 is 30.3 Å². The molecule has 9 heteroatoms. The summed E-state index contributed by atoms with van der Waals surface area (Å²) in [6.45, 7) is -0.219. The summed E-state index contributed by atoms with van der Waals surface area (Å²) in [7, 11) is 3.02. The lowest BCUT2D eigenvalue weighted by Gasteiger charge is -2.12. The number of carbonyl (C=O) groups is 2. The van der Waals surface area contributed by atoms with E-state index >= 15 is 0 Å². The number of methoxy groups -OCH3 is 2. The minimum absolute atomic E-state index is 0.219. The first-order chi connectivity index (χ1) is 16.1. The molecular formula is C24H24N4O5. The smallest absolute Gasteiger partial charge is 0.339 e. The Morgan fingerprint density at radius 2 is 1.58 bits per heavy atom. The summed E-state index contributed by atoms with van der Waals surface area (Å²) in [5.41, 5.74) is 4.26. The summed E-state index contributed by atoms with van der Waals surface area (Å²) in [5, 5.41) is 9.32. The number of ether oxygens (including phenoxy) is 3. The van der Waals surface area contributed by atoms with Crippen molar-refractivity contribution in [2.45, 2.75) is 0 Å². The van der Waals surface area contributed by atoms with Crippen LogP contribution in [0.4, 0.5) is 16.2 Å². The summed E-state index contributed by atoms with van der Waals surface area (Å²) in [4.78, 5) is 24.1. The van der Waals surface area contributed by atoms with Crippen molar-refractivity contribution in [3.8, 4) is 17.2 Å². The first kappa shape index (κ1) is 23.1. The van der Waals surface area contributed by atoms with Gasteiger partial charge < -0.3 is 24.8 Å². The maximum absolute atomic E-state index is 12.3. The molecule has 0 unspecified atom stereocenters. The summed E-state index contributed by atoms with van der Waals surface area (Å²) < 4.78 is 16.2. The highest BCUT2D eigenvalue weighted by molar-refractivity contribution is 5.93. The molecule has 3 amide bonds. The Labute approximate surface area is 191 Å². The highest BCUT2D eigenvalue weighted by atomic mass is 16.5. The van der Waals surface area contributed by atoms with Crippen molar-refractivity contribution < 1.29 is 23.8 Å². The number of nitrogens with zero attached hydrogens (tertiary/aromatic N) is 1. The normalized spacial score (nSPS) is 10.4. The molecule has 0 aliphatic heterocycles. The lowest BCUT2D eigenvalue weighted by molar-refractivity contribution is -0.118. The van der Waals surface area contributed by atoms with Crippen molar-refractivity contribution in [2.24, 2.45) is 5.10 Å². The van der Waals surface area contributed by atoms with Crippen molar-refractivity contribution in [3.63, 3.8) is 0 Å². The maximum Gasteiger partial charge on any atom is 0.339 e. The van der Waals surface area contributed by atoms with Gasteiger partial charge in [-0.15, -0.1) is 0 Å². The largest absolute Gasteiger partial charge is 0.495 e. The summed E-state index contributed by atoms with van der Waals surface area (Å²) >= 11 is 0. The minimum Gasteiger partial charge on any atom is -0.495 e. The fraction of sp³-hybridized carbons (Fsp3) is 0.125. The van der Waals surface area contributed by atoms with Gasteiger partial charge in [-0.2, -0.15) is 5.10 Å². The number of amides is 3. The van der Waals surface area contributed by atoms with E-state index in [4.69, 9.17) is 14.2 Å². The van der Waals surface area contributed by atoms with Crippen LogP contribution in [-0.4, -0.2) is 39.0 Å². The number of hydrogen-bond donors (Lipinski definition) is 3. The zero-order chi connectivity index (χ0) is 23.5. The van der Waals surface area contributed by atoms with Crippen LogP contribution in [0.15, 0.2) is 77.9 Å². The topological polar surface area (TPSA) is 110 Å². The fourth-order valence-electron chi connectivity index (χ4n) is 2.81. The molecule has 33 heavy (non-hydrogen) atoms. The van der Waals surface area contributed by atoms with E-state index in [0.29, 0.717) is 34.2 Å². The number of nitrogens with one attached hydrogen (secondary N) is 3. The van der Waals surface area contributed by atoms with Crippen LogP contribution in [0.5, 0.6) is 17.2 Å². The second-order valence-corrected chi connectivity index (χ2v) is 6.64. The number of hydrazone groups is 1. The average Bonchev–Trinajstić information content (AvgIpc) is 2.84. The van der Waals surface area contributed by atoms with E-state index in [1.165, 1.54) is 20.4 Å². The zero-order valence-electron chi connectivity index (χ0n) is 18.2. The van der Waals surface area contributed by atoms with E-state index in [1.54, 1.807) is 48.5 Å². The second-order valence-electron chi connectivity index (χ2n) is 6.64. The van der Waals surface area contributed by atoms with Crippen molar-refractivity contribution in [3.05, 3.63) is 78.4 Å². The van der Waals surface area contributed by atoms with Gasteiger partial charge in [-0.1, -0.05) is 30.3 Å². The molecule has 3 aromatic carbocycles. The van der Waals surface area contributed by atoms with Crippen molar-refractivity contribution >= 4 is 29.5 Å². The highest BCUT2D eigenvalue weighted by Crippen LogP contribution is 2.28. The number of benzene rings is 3. The molecule has 0 bridgehead atoms. The molecule has 0 fully saturated rings. The lowest BCUT2D eigenvalue weighted by atomic mass is 10.2. The molecular weight excluding hydrogens is 424 g/mol. The van der Waals surface area contributed by atoms with E-state index < -0.39 is 6.03 Å². The van der Waals surface area contributed by atoms with Crippen molar-refractivity contribution in [1.82, 2.24) is 5.43 Å². The van der Waals surface area contributed by atoms with Gasteiger partial charge >= 0.3 is 6.03 Å². The van der Waals surface area contributed by atoms with Gasteiger partial charge in [-0.25, -0.2) is 10.2 Å². The van der Waals surface area contributed by atoms with E-state index in [2.05, 4.69) is 21.2 Å². The van der Waals surface area contributed by atoms with E-state index in [9.17, 15) is 9.59 Å². The van der Waals surface area contributed by atoms with Gasteiger partial charge in [0.1, 0.15) is 5.75 Å². The molecule has 0 saturated heterocycles. The van der Waals surface area contributed by atoms with Gasteiger partial charge in [0.2, 0.25) is 0 Å². The van der Waals surface area contributed by atoms with Crippen LogP contribution >= 0.6 is 0 Å². The quantitative estimate of drug-likeness (QED) is 0.340. The van der Waals surface area contributed by atoms with Gasteiger partial charge in [-0.05, 0) is 48.0 Å². The Bertz CT molecular complexity index is 1120. The third kappa shape index (κ3) is 7.00. The predicted molar refractivity (Wildman–Crippen MR) is 126 cm³/mol. The van der Waals surface area contributed by atoms with Gasteiger partial charge in [0.15, 0.2) is 18.1 Å². The molecule has 0 heterocycles. The molecule has 3 rings (SSSR count). The van der Waals surface area contributed by atoms with Crippen LogP contribution in [0.1, 0.15) is 5.56 Å². The molecule has 0 spiro atoms. The number of carbonyl (C=O) groups excluding carboxylic acids is 2. The van der Waals surface area contributed by atoms with Crippen LogP contribution in [0, 0.1) is 0 Å². The van der Waals surface area contributed by atoms with Gasteiger partial charge in [0.05, 0.1) is 26.1 Å². The van der Waals surface area contributed by atoms with Gasteiger partial charge in [0, 0.05) is 5.69 Å². The Morgan fingerprint density at radius 1 is 0.848 bits per heavy atom. The molecule has 0 aliphatic rings. The molecule has 3 aromatic rings.